The van der Waals surface area contributed by atoms with Crippen LogP contribution in [0, 0.1) is 11.8 Å². The number of carbonyl (C=O) groups excluding carboxylic acids is 1. The van der Waals surface area contributed by atoms with Gasteiger partial charge in [-0.25, -0.2) is 0 Å². The van der Waals surface area contributed by atoms with Crippen LogP contribution in [-0.4, -0.2) is 29.7 Å². The molecule has 0 aromatic carbocycles. The zero-order valence-electron chi connectivity index (χ0n) is 9.79. The normalized spacial score (nSPS) is 24.6. The first-order chi connectivity index (χ1) is 8.29. The summed E-state index contributed by atoms with van der Waals surface area (Å²) in [4.78, 5) is 21.5. The smallest absolute Gasteiger partial charge is 0.391 e. The van der Waals surface area contributed by atoms with Crippen LogP contribution >= 0.6 is 0 Å². The van der Waals surface area contributed by atoms with Crippen LogP contribution in [0.1, 0.15) is 32.1 Å². The second-order valence-corrected chi connectivity index (χ2v) is 4.63. The van der Waals surface area contributed by atoms with Crippen LogP contribution in [-0.2, 0) is 9.59 Å². The molecule has 0 aromatic rings. The van der Waals surface area contributed by atoms with Crippen molar-refractivity contribution < 1.29 is 27.9 Å². The Kier molecular flexibility index (Phi) is 4.98. The maximum absolute atomic E-state index is 12.4. The van der Waals surface area contributed by atoms with Gasteiger partial charge in [0.05, 0.1) is 5.92 Å². The first-order valence-electron chi connectivity index (χ1n) is 5.84. The lowest BCUT2D eigenvalue weighted by Gasteiger charge is -2.29. The van der Waals surface area contributed by atoms with Crippen LogP contribution in [0.5, 0.6) is 0 Å². The van der Waals surface area contributed by atoms with Crippen LogP contribution in [0.25, 0.3) is 0 Å². The number of aliphatic carboxylic acids is 1. The summed E-state index contributed by atoms with van der Waals surface area (Å²) in [7, 11) is 0. The van der Waals surface area contributed by atoms with Crippen molar-refractivity contribution in [3.8, 4) is 0 Å². The van der Waals surface area contributed by atoms with Crippen LogP contribution < -0.4 is 5.32 Å². The van der Waals surface area contributed by atoms with Gasteiger partial charge in [-0.3, -0.25) is 9.59 Å². The highest BCUT2D eigenvalue weighted by atomic mass is 19.4. The van der Waals surface area contributed by atoms with Gasteiger partial charge in [0.15, 0.2) is 0 Å². The maximum Gasteiger partial charge on any atom is 0.391 e. The third-order valence-corrected chi connectivity index (χ3v) is 3.22. The Balaban J connectivity index is 2.27. The molecule has 18 heavy (non-hydrogen) atoms. The number of rotatable bonds is 4. The van der Waals surface area contributed by atoms with Gasteiger partial charge in [0.1, 0.15) is 6.54 Å². The Morgan fingerprint density at radius 1 is 1.17 bits per heavy atom. The second kappa shape index (κ2) is 6.06. The molecule has 1 rings (SSSR count). The minimum Gasteiger partial charge on any atom is -0.480 e. The number of carbonyl (C=O) groups is 2. The van der Waals surface area contributed by atoms with Crippen LogP contribution in [0.2, 0.25) is 0 Å². The molecule has 0 unspecified atom stereocenters. The minimum atomic E-state index is -4.14. The number of amides is 1. The zero-order valence-corrected chi connectivity index (χ0v) is 9.79. The van der Waals surface area contributed by atoms with Gasteiger partial charge in [-0.1, -0.05) is 0 Å². The molecule has 0 saturated heterocycles. The molecule has 1 aliphatic carbocycles. The van der Waals surface area contributed by atoms with E-state index in [0.717, 1.165) is 0 Å². The summed E-state index contributed by atoms with van der Waals surface area (Å²) in [5.41, 5.74) is 0. The average molecular weight is 267 g/mol. The quantitative estimate of drug-likeness (QED) is 0.818. The summed E-state index contributed by atoms with van der Waals surface area (Å²) in [6.45, 7) is -0.448. The van der Waals surface area contributed by atoms with Crippen LogP contribution in [0.3, 0.4) is 0 Å². The molecule has 4 nitrogen and oxygen atoms in total. The SMILES string of the molecule is O=C(O)CNC(=O)CC1CCC(C(F)(F)F)CC1. The Labute approximate surface area is 103 Å². The van der Waals surface area contributed by atoms with Crippen molar-refractivity contribution >= 4 is 11.9 Å². The van der Waals surface area contributed by atoms with E-state index in [1.54, 1.807) is 0 Å². The molecule has 1 amide bonds. The number of carboxylic acid groups (broad SMARTS) is 1. The van der Waals surface area contributed by atoms with Crippen molar-refractivity contribution in [1.82, 2.24) is 5.32 Å². The van der Waals surface area contributed by atoms with Gasteiger partial charge in [-0.2, -0.15) is 13.2 Å². The molecule has 1 aliphatic rings. The number of alkyl halides is 3. The standard InChI is InChI=1S/C11H16F3NO3/c12-11(13,14)8-3-1-7(2-4-8)5-9(16)15-6-10(17)18/h7-8H,1-6H2,(H,15,16)(H,17,18). The van der Waals surface area contributed by atoms with E-state index in [9.17, 15) is 22.8 Å². The molecule has 0 atom stereocenters. The molecule has 1 fully saturated rings. The van der Waals surface area contributed by atoms with E-state index >= 15 is 0 Å². The maximum atomic E-state index is 12.4. The largest absolute Gasteiger partial charge is 0.480 e. The van der Waals surface area contributed by atoms with Crippen molar-refractivity contribution in [2.24, 2.45) is 11.8 Å². The highest BCUT2D eigenvalue weighted by Gasteiger charge is 2.41. The topological polar surface area (TPSA) is 66.4 Å². The first-order valence-corrected chi connectivity index (χ1v) is 5.84. The summed E-state index contributed by atoms with van der Waals surface area (Å²) in [5, 5.41) is 10.6. The first kappa shape index (κ1) is 14.8. The van der Waals surface area contributed by atoms with Gasteiger partial charge in [0.2, 0.25) is 5.91 Å². The van der Waals surface area contributed by atoms with Crippen molar-refractivity contribution in [3.05, 3.63) is 0 Å². The minimum absolute atomic E-state index is 0.0559. The predicted octanol–water partition coefficient (Wildman–Crippen LogP) is 1.95. The number of nitrogens with one attached hydrogen (secondary N) is 1. The fourth-order valence-corrected chi connectivity index (χ4v) is 2.20. The number of hydrogen-bond acceptors (Lipinski definition) is 2. The van der Waals surface area contributed by atoms with Crippen molar-refractivity contribution in [1.29, 1.82) is 0 Å². The van der Waals surface area contributed by atoms with E-state index in [1.807, 2.05) is 0 Å². The monoisotopic (exact) mass is 267 g/mol. The molecule has 0 heterocycles. The van der Waals surface area contributed by atoms with Crippen molar-refractivity contribution in [3.63, 3.8) is 0 Å². The predicted molar refractivity (Wildman–Crippen MR) is 56.8 cm³/mol. The molecule has 0 radical (unpaired) electrons. The van der Waals surface area contributed by atoms with E-state index in [0.29, 0.717) is 12.8 Å². The fraction of sp³-hybridized carbons (Fsp3) is 0.818. The summed E-state index contributed by atoms with van der Waals surface area (Å²) in [6, 6.07) is 0. The van der Waals surface area contributed by atoms with Crippen molar-refractivity contribution in [2.45, 2.75) is 38.3 Å². The molecule has 2 N–H and O–H groups in total. The summed E-state index contributed by atoms with van der Waals surface area (Å²) >= 11 is 0. The van der Waals surface area contributed by atoms with E-state index in [-0.39, 0.29) is 25.2 Å². The molecule has 0 spiro atoms. The van der Waals surface area contributed by atoms with E-state index in [4.69, 9.17) is 5.11 Å². The molecular weight excluding hydrogens is 251 g/mol. The lowest BCUT2D eigenvalue weighted by Crippen LogP contribution is -2.33. The molecule has 1 saturated carbocycles. The third-order valence-electron chi connectivity index (χ3n) is 3.22. The second-order valence-electron chi connectivity index (χ2n) is 4.63. The van der Waals surface area contributed by atoms with Crippen molar-refractivity contribution in [2.75, 3.05) is 6.54 Å². The summed E-state index contributed by atoms with van der Waals surface area (Å²) in [5.74, 6) is -2.87. The Morgan fingerprint density at radius 3 is 2.17 bits per heavy atom. The average Bonchev–Trinajstić information content (AvgIpc) is 2.26. The molecule has 0 aromatic heterocycles. The fourth-order valence-electron chi connectivity index (χ4n) is 2.20. The number of hydrogen-bond donors (Lipinski definition) is 2. The lowest BCUT2D eigenvalue weighted by molar-refractivity contribution is -0.184. The van der Waals surface area contributed by atoms with E-state index in [1.165, 1.54) is 0 Å². The van der Waals surface area contributed by atoms with Gasteiger partial charge < -0.3 is 10.4 Å². The highest BCUT2D eigenvalue weighted by molar-refractivity contribution is 5.81. The Bertz CT molecular complexity index is 309. The molecule has 104 valence electrons. The van der Waals surface area contributed by atoms with Gasteiger partial charge in [-0.05, 0) is 31.6 Å². The molecule has 7 heteroatoms. The van der Waals surface area contributed by atoms with Gasteiger partial charge in [0.25, 0.3) is 0 Å². The summed E-state index contributed by atoms with van der Waals surface area (Å²) < 4.78 is 37.2. The van der Waals surface area contributed by atoms with Gasteiger partial charge >= 0.3 is 12.1 Å². The molecule has 0 aliphatic heterocycles. The Morgan fingerprint density at radius 2 is 1.72 bits per heavy atom. The number of carboxylic acids is 1. The van der Waals surface area contributed by atoms with E-state index in [2.05, 4.69) is 5.32 Å². The molecular formula is C11H16F3NO3. The van der Waals surface area contributed by atoms with E-state index < -0.39 is 30.5 Å². The number of halogens is 3. The van der Waals surface area contributed by atoms with Crippen LogP contribution in [0.4, 0.5) is 13.2 Å². The van der Waals surface area contributed by atoms with Crippen LogP contribution in [0.15, 0.2) is 0 Å². The summed E-state index contributed by atoms with van der Waals surface area (Å²) in [6.07, 6.45) is -3.19. The van der Waals surface area contributed by atoms with Gasteiger partial charge in [-0.15, -0.1) is 0 Å². The molecule has 0 bridgehead atoms. The third kappa shape index (κ3) is 4.93. The highest BCUT2D eigenvalue weighted by Crippen LogP contribution is 2.40. The zero-order chi connectivity index (χ0) is 13.8. The van der Waals surface area contributed by atoms with Gasteiger partial charge in [0, 0.05) is 6.42 Å². The Hall–Kier alpha value is -1.27. The lowest BCUT2D eigenvalue weighted by atomic mass is 9.80.